The lowest BCUT2D eigenvalue weighted by Crippen LogP contribution is -2.26. The Labute approximate surface area is 108 Å². The lowest BCUT2D eigenvalue weighted by Gasteiger charge is -2.22. The zero-order chi connectivity index (χ0) is 14.2. The maximum Gasteiger partial charge on any atom is 0.187 e. The summed E-state index contributed by atoms with van der Waals surface area (Å²) in [6.45, 7) is 0. The Morgan fingerprint density at radius 1 is 0.895 bits per heavy atom. The molecule has 0 aliphatic heterocycles. The molecule has 1 aliphatic rings. The van der Waals surface area contributed by atoms with Gasteiger partial charge in [-0.1, -0.05) is 19.3 Å². The molecule has 1 radical (unpaired) electrons. The zero-order valence-corrected chi connectivity index (χ0v) is 10.7. The summed E-state index contributed by atoms with van der Waals surface area (Å²) in [5.74, 6) is -7.45. The molecule has 0 saturated heterocycles. The third kappa shape index (κ3) is 2.48. The van der Waals surface area contributed by atoms with Crippen molar-refractivity contribution in [3.05, 3.63) is 29.3 Å². The number of hydrogen-bond acceptors (Lipinski definition) is 2. The molecule has 0 amide bonds. The van der Waals surface area contributed by atoms with Crippen LogP contribution in [0, 0.1) is 29.3 Å². The first kappa shape index (κ1) is 14.3. The predicted molar refractivity (Wildman–Crippen MR) is 59.2 cm³/mol. The lowest BCUT2D eigenvalue weighted by molar-refractivity contribution is 0.412. The lowest BCUT2D eigenvalue weighted by atomic mass is 10.0. The fraction of sp³-hybridized carbons (Fsp3) is 0.500. The van der Waals surface area contributed by atoms with Crippen LogP contribution in [0.2, 0.25) is 0 Å². The molecule has 2 nitrogen and oxygen atoms in total. The summed E-state index contributed by atoms with van der Waals surface area (Å²) in [6, 6.07) is 1.17. The molecule has 0 heterocycles. The Bertz CT molecular complexity index is 566. The molecule has 1 fully saturated rings. The standard InChI is InChI=1S/C12H11F4O2S/c13-8-6-9(14)11(16)12(10(8)15)19(17,18)7-4-2-1-3-5-7/h7H,1-5H2. The van der Waals surface area contributed by atoms with Crippen LogP contribution in [0.5, 0.6) is 0 Å². The molecule has 0 unspecified atom stereocenters. The average molecular weight is 295 g/mol. The highest BCUT2D eigenvalue weighted by Gasteiger charge is 2.36. The largest absolute Gasteiger partial charge is 0.223 e. The van der Waals surface area contributed by atoms with Crippen LogP contribution >= 0.6 is 0 Å². The second kappa shape index (κ2) is 5.11. The maximum atomic E-state index is 13.5. The van der Waals surface area contributed by atoms with Crippen molar-refractivity contribution in [1.82, 2.24) is 0 Å². The molecule has 0 spiro atoms. The molecule has 1 saturated carbocycles. The number of sulfone groups is 1. The molecule has 0 atom stereocenters. The smallest absolute Gasteiger partial charge is 0.187 e. The van der Waals surface area contributed by atoms with Gasteiger partial charge in [0.1, 0.15) is 4.90 Å². The topological polar surface area (TPSA) is 34.1 Å². The van der Waals surface area contributed by atoms with Crippen molar-refractivity contribution < 1.29 is 26.0 Å². The molecular weight excluding hydrogens is 284 g/mol. The SMILES string of the molecule is O=S(=O)(c1c(F)c(F)[c]c(F)c1F)C1CCCCC1. The molecule has 0 aromatic heterocycles. The average Bonchev–Trinajstić information content (AvgIpc) is 2.37. The van der Waals surface area contributed by atoms with Gasteiger partial charge in [-0.15, -0.1) is 0 Å². The van der Waals surface area contributed by atoms with Crippen molar-refractivity contribution in [2.24, 2.45) is 0 Å². The van der Waals surface area contributed by atoms with E-state index in [0.29, 0.717) is 12.8 Å². The van der Waals surface area contributed by atoms with Gasteiger partial charge in [0, 0.05) is 0 Å². The molecule has 1 aromatic carbocycles. The van der Waals surface area contributed by atoms with E-state index in [1.807, 2.05) is 0 Å². The minimum Gasteiger partial charge on any atom is -0.223 e. The van der Waals surface area contributed by atoms with Crippen molar-refractivity contribution in [1.29, 1.82) is 0 Å². The van der Waals surface area contributed by atoms with Gasteiger partial charge in [-0.25, -0.2) is 26.0 Å². The van der Waals surface area contributed by atoms with Gasteiger partial charge in [-0.2, -0.15) is 0 Å². The van der Waals surface area contributed by atoms with Crippen molar-refractivity contribution in [3.8, 4) is 0 Å². The quantitative estimate of drug-likeness (QED) is 0.620. The van der Waals surface area contributed by atoms with Crippen LogP contribution in [0.3, 0.4) is 0 Å². The highest BCUT2D eigenvalue weighted by molar-refractivity contribution is 7.92. The summed E-state index contributed by atoms with van der Waals surface area (Å²) < 4.78 is 77.2. The van der Waals surface area contributed by atoms with Gasteiger partial charge in [-0.05, 0) is 12.8 Å². The summed E-state index contributed by atoms with van der Waals surface area (Å²) in [4.78, 5) is -1.51. The molecule has 105 valence electrons. The second-order valence-electron chi connectivity index (χ2n) is 4.52. The first-order valence-electron chi connectivity index (χ1n) is 5.85. The Morgan fingerprint density at radius 3 is 1.84 bits per heavy atom. The summed E-state index contributed by atoms with van der Waals surface area (Å²) >= 11 is 0. The molecule has 0 N–H and O–H groups in total. The van der Waals surface area contributed by atoms with E-state index >= 15 is 0 Å². The molecule has 2 rings (SSSR count). The number of hydrogen-bond donors (Lipinski definition) is 0. The van der Waals surface area contributed by atoms with Crippen molar-refractivity contribution in [2.75, 3.05) is 0 Å². The van der Waals surface area contributed by atoms with Crippen LogP contribution in [-0.4, -0.2) is 13.7 Å². The zero-order valence-electron chi connectivity index (χ0n) is 9.85. The van der Waals surface area contributed by atoms with Crippen molar-refractivity contribution in [2.45, 2.75) is 42.2 Å². The fourth-order valence-corrected chi connectivity index (χ4v) is 4.26. The molecule has 7 heteroatoms. The van der Waals surface area contributed by atoms with Crippen LogP contribution in [0.4, 0.5) is 17.6 Å². The van der Waals surface area contributed by atoms with Gasteiger partial charge in [-0.3, -0.25) is 0 Å². The summed E-state index contributed by atoms with van der Waals surface area (Å²) in [6.07, 6.45) is 2.53. The molecule has 0 bridgehead atoms. The van der Waals surface area contributed by atoms with E-state index in [-0.39, 0.29) is 12.8 Å². The minimum absolute atomic E-state index is 0.239. The number of benzene rings is 1. The van der Waals surface area contributed by atoms with Gasteiger partial charge in [0.15, 0.2) is 33.1 Å². The maximum absolute atomic E-state index is 13.5. The van der Waals surface area contributed by atoms with Gasteiger partial charge in [0.2, 0.25) is 0 Å². The van der Waals surface area contributed by atoms with E-state index < -0.39 is 43.3 Å². The summed E-state index contributed by atoms with van der Waals surface area (Å²) in [5.41, 5.74) is 0. The summed E-state index contributed by atoms with van der Waals surface area (Å²) in [7, 11) is -4.42. The van der Waals surface area contributed by atoms with E-state index in [9.17, 15) is 26.0 Å². The number of rotatable bonds is 2. The molecule has 1 aromatic rings. The van der Waals surface area contributed by atoms with Crippen LogP contribution in [0.25, 0.3) is 0 Å². The van der Waals surface area contributed by atoms with E-state index in [1.165, 1.54) is 6.07 Å². The Hall–Kier alpha value is -1.11. The first-order valence-corrected chi connectivity index (χ1v) is 7.39. The minimum atomic E-state index is -4.42. The highest BCUT2D eigenvalue weighted by Crippen LogP contribution is 2.32. The van der Waals surface area contributed by atoms with Crippen molar-refractivity contribution in [3.63, 3.8) is 0 Å². The highest BCUT2D eigenvalue weighted by atomic mass is 32.2. The first-order chi connectivity index (χ1) is 8.85. The Morgan fingerprint density at radius 2 is 1.37 bits per heavy atom. The number of halogens is 4. The van der Waals surface area contributed by atoms with Crippen LogP contribution in [0.1, 0.15) is 32.1 Å². The molecular formula is C12H11F4O2S. The second-order valence-corrected chi connectivity index (χ2v) is 6.68. The van der Waals surface area contributed by atoms with Crippen LogP contribution < -0.4 is 0 Å². The Balaban J connectivity index is 2.57. The van der Waals surface area contributed by atoms with Gasteiger partial charge >= 0.3 is 0 Å². The summed E-state index contributed by atoms with van der Waals surface area (Å²) in [5, 5.41) is -0.994. The third-order valence-electron chi connectivity index (χ3n) is 3.28. The van der Waals surface area contributed by atoms with Gasteiger partial charge < -0.3 is 0 Å². The van der Waals surface area contributed by atoms with E-state index in [0.717, 1.165) is 6.42 Å². The monoisotopic (exact) mass is 295 g/mol. The predicted octanol–water partition coefficient (Wildman–Crippen LogP) is 3.15. The molecule has 1 aliphatic carbocycles. The molecule has 19 heavy (non-hydrogen) atoms. The van der Waals surface area contributed by atoms with Crippen molar-refractivity contribution >= 4 is 9.84 Å². The van der Waals surface area contributed by atoms with Crippen LogP contribution in [0.15, 0.2) is 4.90 Å². The van der Waals surface area contributed by atoms with E-state index in [1.54, 1.807) is 0 Å². The normalized spacial score (nSPS) is 17.7. The van der Waals surface area contributed by atoms with E-state index in [2.05, 4.69) is 0 Å². The Kier molecular flexibility index (Phi) is 3.85. The van der Waals surface area contributed by atoms with E-state index in [4.69, 9.17) is 0 Å². The fourth-order valence-electron chi connectivity index (χ4n) is 2.29. The van der Waals surface area contributed by atoms with Gasteiger partial charge in [0.25, 0.3) is 0 Å². The third-order valence-corrected chi connectivity index (χ3v) is 5.56. The van der Waals surface area contributed by atoms with Gasteiger partial charge in [0.05, 0.1) is 11.3 Å². The van der Waals surface area contributed by atoms with Crippen LogP contribution in [-0.2, 0) is 9.84 Å².